The van der Waals surface area contributed by atoms with Crippen LogP contribution in [0.25, 0.3) is 77.2 Å². The van der Waals surface area contributed by atoms with Crippen molar-refractivity contribution >= 4 is 38.6 Å². The Bertz CT molecular complexity index is 3220. The first-order valence-corrected chi connectivity index (χ1v) is 20.9. The molecule has 0 amide bonds. The van der Waals surface area contributed by atoms with Crippen LogP contribution in [0.5, 0.6) is 0 Å². The second kappa shape index (κ2) is 14.4. The first kappa shape index (κ1) is 35.7. The number of fused-ring (bicyclic) bond motifs is 6. The fourth-order valence-corrected chi connectivity index (χ4v) is 9.68. The van der Waals surface area contributed by atoms with E-state index in [9.17, 15) is 0 Å². The zero-order chi connectivity index (χ0) is 40.2. The zero-order valence-electron chi connectivity index (χ0n) is 33.8. The van der Waals surface area contributed by atoms with Crippen molar-refractivity contribution in [1.29, 1.82) is 0 Å². The van der Waals surface area contributed by atoms with Gasteiger partial charge in [-0.25, -0.2) is 0 Å². The van der Waals surface area contributed by atoms with Gasteiger partial charge >= 0.3 is 0 Å². The predicted octanol–water partition coefficient (Wildman–Crippen LogP) is 16.4. The Hall–Kier alpha value is -7.48. The smallest absolute Gasteiger partial charge is 0.0546 e. The quantitative estimate of drug-likeness (QED) is 0.146. The van der Waals surface area contributed by atoms with Crippen LogP contribution in [0.4, 0.5) is 17.1 Å². The highest BCUT2D eigenvalue weighted by molar-refractivity contribution is 6.09. The molecule has 10 aromatic rings. The van der Waals surface area contributed by atoms with E-state index in [-0.39, 0.29) is 5.41 Å². The van der Waals surface area contributed by atoms with E-state index in [4.69, 9.17) is 0 Å². The summed E-state index contributed by atoms with van der Waals surface area (Å²) >= 11 is 0. The Morgan fingerprint density at radius 2 is 0.850 bits per heavy atom. The van der Waals surface area contributed by atoms with Crippen LogP contribution < -0.4 is 4.90 Å². The van der Waals surface area contributed by atoms with Gasteiger partial charge in [-0.2, -0.15) is 0 Å². The molecule has 0 aromatic heterocycles. The van der Waals surface area contributed by atoms with Crippen molar-refractivity contribution in [2.24, 2.45) is 0 Å². The van der Waals surface area contributed by atoms with Crippen molar-refractivity contribution < 1.29 is 0 Å². The van der Waals surface area contributed by atoms with Crippen molar-refractivity contribution in [3.05, 3.63) is 236 Å². The van der Waals surface area contributed by atoms with Gasteiger partial charge in [0.2, 0.25) is 0 Å². The number of hydrogen-bond donors (Lipinski definition) is 0. The van der Waals surface area contributed by atoms with Gasteiger partial charge in [-0.05, 0) is 119 Å². The highest BCUT2D eigenvalue weighted by Crippen LogP contribution is 2.53. The zero-order valence-corrected chi connectivity index (χ0v) is 33.8. The largest absolute Gasteiger partial charge is 0.310 e. The molecule has 10 aromatic carbocycles. The molecule has 1 heteroatoms. The van der Waals surface area contributed by atoms with Crippen LogP contribution in [0.3, 0.4) is 0 Å². The van der Waals surface area contributed by atoms with Crippen LogP contribution >= 0.6 is 0 Å². The molecule has 60 heavy (non-hydrogen) atoms. The van der Waals surface area contributed by atoms with Gasteiger partial charge in [-0.3, -0.25) is 0 Å². The van der Waals surface area contributed by atoms with Gasteiger partial charge in [0.15, 0.2) is 0 Å². The van der Waals surface area contributed by atoms with E-state index in [1.54, 1.807) is 0 Å². The molecule has 0 unspecified atom stereocenters. The molecule has 0 spiro atoms. The minimum Gasteiger partial charge on any atom is -0.310 e. The summed E-state index contributed by atoms with van der Waals surface area (Å²) in [6, 6.07) is 82.5. The summed E-state index contributed by atoms with van der Waals surface area (Å²) in [4.78, 5) is 2.51. The average Bonchev–Trinajstić information content (AvgIpc) is 3.54. The van der Waals surface area contributed by atoms with Crippen molar-refractivity contribution in [2.45, 2.75) is 19.3 Å². The Morgan fingerprint density at radius 3 is 1.60 bits per heavy atom. The molecule has 1 nitrogen and oxygen atoms in total. The fraction of sp³-hybridized carbons (Fsp3) is 0.0508. The molecule has 0 aliphatic heterocycles. The highest BCUT2D eigenvalue weighted by Gasteiger charge is 2.36. The second-order valence-corrected chi connectivity index (χ2v) is 16.5. The van der Waals surface area contributed by atoms with E-state index in [0.29, 0.717) is 0 Å². The summed E-state index contributed by atoms with van der Waals surface area (Å²) in [5, 5.41) is 4.98. The number of anilines is 3. The third-order valence-corrected chi connectivity index (χ3v) is 12.7. The summed E-state index contributed by atoms with van der Waals surface area (Å²) < 4.78 is 0. The van der Waals surface area contributed by atoms with Crippen molar-refractivity contribution in [3.63, 3.8) is 0 Å². The lowest BCUT2D eigenvalue weighted by molar-refractivity contribution is 0.660. The first-order chi connectivity index (χ1) is 29.5. The van der Waals surface area contributed by atoms with Gasteiger partial charge in [0.25, 0.3) is 0 Å². The Morgan fingerprint density at radius 1 is 0.317 bits per heavy atom. The molecule has 284 valence electrons. The van der Waals surface area contributed by atoms with Crippen LogP contribution in [0.1, 0.15) is 25.0 Å². The molecule has 1 aliphatic rings. The van der Waals surface area contributed by atoms with Gasteiger partial charge in [0, 0.05) is 22.4 Å². The molecular weight excluding hydrogens is 723 g/mol. The van der Waals surface area contributed by atoms with Gasteiger partial charge in [-0.1, -0.05) is 202 Å². The number of hydrogen-bond acceptors (Lipinski definition) is 1. The summed E-state index contributed by atoms with van der Waals surface area (Å²) in [6.45, 7) is 4.78. The lowest BCUT2D eigenvalue weighted by Crippen LogP contribution is -2.17. The summed E-state index contributed by atoms with van der Waals surface area (Å²) in [5.41, 5.74) is 18.1. The average molecular weight is 766 g/mol. The van der Waals surface area contributed by atoms with Crippen LogP contribution in [-0.4, -0.2) is 0 Å². The van der Waals surface area contributed by atoms with E-state index in [1.807, 2.05) is 0 Å². The third kappa shape index (κ3) is 5.93. The van der Waals surface area contributed by atoms with Crippen molar-refractivity contribution in [2.75, 3.05) is 4.90 Å². The monoisotopic (exact) mass is 765 g/mol. The standard InChI is InChI=1S/C59H43N/c1-59(2)55-38-44(40-17-6-3-7-18-40)31-34-52(55)53-36-33-47(39-56(53)59)60(46-32-35-50-45(37-46)30-29-43-23-12-13-24-48(43)50)57-28-16-27-51(42-21-10-5-11-22-42)58(57)54-26-15-14-25-49(54)41-19-8-4-9-20-41/h3-39H,1-2H3. The maximum absolute atomic E-state index is 2.51. The molecule has 0 fully saturated rings. The predicted molar refractivity (Wildman–Crippen MR) is 255 cm³/mol. The summed E-state index contributed by atoms with van der Waals surface area (Å²) in [5.74, 6) is 0. The Labute approximate surface area is 352 Å². The fourth-order valence-electron chi connectivity index (χ4n) is 9.68. The number of nitrogens with zero attached hydrogens (tertiary/aromatic N) is 1. The summed E-state index contributed by atoms with van der Waals surface area (Å²) in [7, 11) is 0. The minimum absolute atomic E-state index is 0.214. The lowest BCUT2D eigenvalue weighted by atomic mass is 9.81. The molecule has 0 heterocycles. The van der Waals surface area contributed by atoms with E-state index in [0.717, 1.165) is 17.1 Å². The molecule has 11 rings (SSSR count). The summed E-state index contributed by atoms with van der Waals surface area (Å²) in [6.07, 6.45) is 0. The van der Waals surface area contributed by atoms with Crippen molar-refractivity contribution in [3.8, 4) is 55.6 Å². The molecule has 0 radical (unpaired) electrons. The Kier molecular flexibility index (Phi) is 8.57. The maximum atomic E-state index is 2.51. The van der Waals surface area contributed by atoms with Crippen LogP contribution in [0, 0.1) is 0 Å². The number of rotatable bonds is 7. The molecule has 0 saturated carbocycles. The lowest BCUT2D eigenvalue weighted by Gasteiger charge is -2.31. The third-order valence-electron chi connectivity index (χ3n) is 12.7. The van der Waals surface area contributed by atoms with Crippen LogP contribution in [0.15, 0.2) is 224 Å². The normalized spacial score (nSPS) is 12.6. The van der Waals surface area contributed by atoms with Gasteiger partial charge in [0.1, 0.15) is 0 Å². The second-order valence-electron chi connectivity index (χ2n) is 16.5. The molecular formula is C59H43N. The molecule has 0 N–H and O–H groups in total. The highest BCUT2D eigenvalue weighted by atomic mass is 15.1. The topological polar surface area (TPSA) is 3.24 Å². The molecule has 0 saturated heterocycles. The van der Waals surface area contributed by atoms with Gasteiger partial charge in [-0.15, -0.1) is 0 Å². The van der Waals surface area contributed by atoms with Gasteiger partial charge in [0.05, 0.1) is 5.69 Å². The van der Waals surface area contributed by atoms with E-state index in [1.165, 1.54) is 88.3 Å². The van der Waals surface area contributed by atoms with Crippen molar-refractivity contribution in [1.82, 2.24) is 0 Å². The number of benzene rings is 10. The molecule has 0 atom stereocenters. The molecule has 0 bridgehead atoms. The van der Waals surface area contributed by atoms with Crippen LogP contribution in [0.2, 0.25) is 0 Å². The maximum Gasteiger partial charge on any atom is 0.0546 e. The minimum atomic E-state index is -0.214. The molecule has 1 aliphatic carbocycles. The Balaban J connectivity index is 1.17. The van der Waals surface area contributed by atoms with Crippen LogP contribution in [-0.2, 0) is 5.41 Å². The van der Waals surface area contributed by atoms with E-state index < -0.39 is 0 Å². The first-order valence-electron chi connectivity index (χ1n) is 20.9. The van der Waals surface area contributed by atoms with E-state index >= 15 is 0 Å². The van der Waals surface area contributed by atoms with Gasteiger partial charge < -0.3 is 4.90 Å². The van der Waals surface area contributed by atoms with E-state index in [2.05, 4.69) is 243 Å². The SMILES string of the molecule is CC1(C)c2cc(-c3ccccc3)ccc2-c2ccc(N(c3ccc4c(ccc5ccccc54)c3)c3cccc(-c4ccccc4)c3-c3ccccc3-c3ccccc3)cc21.